The Balaban J connectivity index is 1.41. The van der Waals surface area contributed by atoms with Crippen molar-refractivity contribution in [2.75, 3.05) is 6.54 Å². The maximum absolute atomic E-state index is 14.2. The summed E-state index contributed by atoms with van der Waals surface area (Å²) in [5.74, 6) is -4.79. The number of fused-ring (bicyclic) bond motifs is 1. The fourth-order valence-corrected chi connectivity index (χ4v) is 4.67. The van der Waals surface area contributed by atoms with Crippen LogP contribution in [0.2, 0.25) is 0 Å². The highest BCUT2D eigenvalue weighted by Crippen LogP contribution is 2.42. The molecule has 1 fully saturated rings. The van der Waals surface area contributed by atoms with E-state index in [9.17, 15) is 26.3 Å². The Labute approximate surface area is 163 Å². The first-order valence-electron chi connectivity index (χ1n) is 9.55. The van der Waals surface area contributed by atoms with Crippen molar-refractivity contribution in [3.8, 4) is 0 Å². The maximum Gasteiger partial charge on any atom is 0.453 e. The Bertz CT molecular complexity index is 844. The van der Waals surface area contributed by atoms with Crippen LogP contribution in [0, 0.1) is 11.8 Å². The summed E-state index contributed by atoms with van der Waals surface area (Å²) in [5, 5.41) is 3.52. The second-order valence-corrected chi connectivity index (χ2v) is 7.93. The van der Waals surface area contributed by atoms with Crippen LogP contribution in [-0.4, -0.2) is 38.3 Å². The zero-order chi connectivity index (χ0) is 20.9. The Kier molecular flexibility index (Phi) is 5.22. The number of halogens is 6. The highest BCUT2D eigenvalue weighted by Gasteiger charge is 2.41. The number of nitrogens with zero attached hydrogens (tertiary/aromatic N) is 4. The molecule has 2 aliphatic carbocycles. The molecule has 0 amide bonds. The fourth-order valence-electron chi connectivity index (χ4n) is 4.67. The average Bonchev–Trinajstić information content (AvgIpc) is 3.09. The van der Waals surface area contributed by atoms with Gasteiger partial charge in [-0.05, 0) is 25.2 Å². The number of alkyl halides is 3. The molecule has 5 nitrogen and oxygen atoms in total. The smallest absolute Gasteiger partial charge is 0.327 e. The van der Waals surface area contributed by atoms with E-state index >= 15 is 0 Å². The highest BCUT2D eigenvalue weighted by atomic mass is 19.4. The van der Waals surface area contributed by atoms with E-state index in [2.05, 4.69) is 10.1 Å². The quantitative estimate of drug-likeness (QED) is 0.741. The lowest BCUT2D eigenvalue weighted by Gasteiger charge is -2.43. The molecule has 1 aliphatic heterocycles. The van der Waals surface area contributed by atoms with Gasteiger partial charge in [0.2, 0.25) is 0 Å². The average molecular weight is 421 g/mol. The van der Waals surface area contributed by atoms with Gasteiger partial charge in [0, 0.05) is 37.0 Å². The first-order chi connectivity index (χ1) is 13.6. The summed E-state index contributed by atoms with van der Waals surface area (Å²) in [5.41, 5.74) is 6.27. The van der Waals surface area contributed by atoms with Gasteiger partial charge in [-0.3, -0.25) is 4.90 Å². The van der Waals surface area contributed by atoms with Crippen molar-refractivity contribution >= 4 is 0 Å². The topological polar surface area (TPSA) is 60.0 Å². The van der Waals surface area contributed by atoms with Gasteiger partial charge in [-0.2, -0.15) is 13.2 Å². The van der Waals surface area contributed by atoms with E-state index in [0.717, 1.165) is 0 Å². The summed E-state index contributed by atoms with van der Waals surface area (Å²) >= 11 is 0. The minimum Gasteiger partial charge on any atom is -0.327 e. The van der Waals surface area contributed by atoms with Crippen molar-refractivity contribution in [2.24, 2.45) is 17.6 Å². The Morgan fingerprint density at radius 2 is 1.86 bits per heavy atom. The van der Waals surface area contributed by atoms with Gasteiger partial charge in [0.25, 0.3) is 5.82 Å². The van der Waals surface area contributed by atoms with Crippen molar-refractivity contribution in [1.29, 1.82) is 0 Å². The molecule has 4 atom stereocenters. The minimum absolute atomic E-state index is 0.00814. The van der Waals surface area contributed by atoms with E-state index in [4.69, 9.17) is 5.73 Å². The van der Waals surface area contributed by atoms with E-state index in [1.807, 2.05) is 4.90 Å². The van der Waals surface area contributed by atoms with Crippen molar-refractivity contribution in [3.05, 3.63) is 35.2 Å². The fraction of sp³-hybridized carbons (Fsp3) is 0.667. The van der Waals surface area contributed by atoms with Crippen LogP contribution in [0.25, 0.3) is 0 Å². The van der Waals surface area contributed by atoms with Crippen LogP contribution >= 0.6 is 0 Å². The van der Waals surface area contributed by atoms with Crippen molar-refractivity contribution in [2.45, 2.75) is 57.0 Å². The number of rotatable bonds is 2. The second-order valence-electron chi connectivity index (χ2n) is 7.93. The molecule has 11 heteroatoms. The van der Waals surface area contributed by atoms with E-state index in [1.54, 1.807) is 0 Å². The summed E-state index contributed by atoms with van der Waals surface area (Å²) in [6, 6.07) is -0.411. The molecule has 160 valence electrons. The zero-order valence-corrected chi connectivity index (χ0v) is 15.5. The largest absolute Gasteiger partial charge is 0.453 e. The summed E-state index contributed by atoms with van der Waals surface area (Å²) in [6.07, 6.45) is -2.64. The lowest BCUT2D eigenvalue weighted by Crippen LogP contribution is -2.50. The standard InChI is InChI=1S/C18H21F6N5/c19-12-7-14(21)13(20)6-11(12)10-2-1-9(5-15(10)25)28-3-4-29-16(8-28)26-17(27-29)18(22,23)24/h7,9-11,15H,1-6,8,25H2/t9?,10-,11?,15?/m1/s1. The van der Waals surface area contributed by atoms with Crippen molar-refractivity contribution in [1.82, 2.24) is 19.7 Å². The Morgan fingerprint density at radius 1 is 1.10 bits per heavy atom. The molecule has 29 heavy (non-hydrogen) atoms. The van der Waals surface area contributed by atoms with Crippen LogP contribution < -0.4 is 5.73 Å². The van der Waals surface area contributed by atoms with E-state index in [1.165, 1.54) is 4.68 Å². The van der Waals surface area contributed by atoms with Gasteiger partial charge in [-0.1, -0.05) is 0 Å². The maximum atomic E-state index is 14.2. The van der Waals surface area contributed by atoms with Gasteiger partial charge in [0.05, 0.1) is 13.1 Å². The highest BCUT2D eigenvalue weighted by molar-refractivity contribution is 5.26. The van der Waals surface area contributed by atoms with Gasteiger partial charge in [-0.25, -0.2) is 22.8 Å². The molecular formula is C18H21F6N5. The van der Waals surface area contributed by atoms with Crippen LogP contribution in [0.5, 0.6) is 0 Å². The molecule has 0 saturated heterocycles. The van der Waals surface area contributed by atoms with Gasteiger partial charge in [-0.15, -0.1) is 5.10 Å². The molecule has 1 aromatic rings. The molecule has 0 radical (unpaired) electrons. The summed E-state index contributed by atoms with van der Waals surface area (Å²) in [4.78, 5) is 5.64. The van der Waals surface area contributed by atoms with Crippen LogP contribution in [-0.2, 0) is 19.3 Å². The molecule has 1 aromatic heterocycles. The molecule has 0 bridgehead atoms. The molecule has 3 unspecified atom stereocenters. The molecule has 0 spiro atoms. The monoisotopic (exact) mass is 421 g/mol. The number of hydrogen-bond donors (Lipinski definition) is 1. The summed E-state index contributed by atoms with van der Waals surface area (Å²) in [7, 11) is 0. The SMILES string of the molecule is NC1CC(N2CCn3nc(C(F)(F)F)nc3C2)CC[C@@H]1C1CC(F)=C(F)C=C1F. The first kappa shape index (κ1) is 20.4. The van der Waals surface area contributed by atoms with Crippen LogP contribution in [0.4, 0.5) is 26.3 Å². The second kappa shape index (κ2) is 7.42. The molecule has 3 aliphatic rings. The van der Waals surface area contributed by atoms with Crippen LogP contribution in [0.15, 0.2) is 23.6 Å². The summed E-state index contributed by atoms with van der Waals surface area (Å²) in [6.45, 7) is 1.03. The third kappa shape index (κ3) is 3.94. The summed E-state index contributed by atoms with van der Waals surface area (Å²) < 4.78 is 80.8. The third-order valence-corrected chi connectivity index (χ3v) is 6.18. The van der Waals surface area contributed by atoms with Gasteiger partial charge in [0.1, 0.15) is 17.5 Å². The lowest BCUT2D eigenvalue weighted by molar-refractivity contribution is -0.145. The van der Waals surface area contributed by atoms with E-state index in [0.29, 0.717) is 38.4 Å². The van der Waals surface area contributed by atoms with Crippen molar-refractivity contribution in [3.63, 3.8) is 0 Å². The zero-order valence-electron chi connectivity index (χ0n) is 15.5. The van der Waals surface area contributed by atoms with Gasteiger partial charge in [0.15, 0.2) is 5.83 Å². The van der Waals surface area contributed by atoms with Crippen LogP contribution in [0.3, 0.4) is 0 Å². The molecular weight excluding hydrogens is 400 g/mol. The van der Waals surface area contributed by atoms with Crippen LogP contribution in [0.1, 0.15) is 37.3 Å². The van der Waals surface area contributed by atoms with Gasteiger partial charge < -0.3 is 5.73 Å². The predicted octanol–water partition coefficient (Wildman–Crippen LogP) is 3.63. The number of nitrogens with two attached hydrogens (primary N) is 1. The Hall–Kier alpha value is -1.88. The number of hydrogen-bond acceptors (Lipinski definition) is 4. The molecule has 4 rings (SSSR count). The van der Waals surface area contributed by atoms with E-state index < -0.39 is 41.4 Å². The third-order valence-electron chi connectivity index (χ3n) is 6.18. The van der Waals surface area contributed by atoms with Gasteiger partial charge >= 0.3 is 6.18 Å². The Morgan fingerprint density at radius 3 is 2.55 bits per heavy atom. The first-order valence-corrected chi connectivity index (χ1v) is 9.55. The predicted molar refractivity (Wildman–Crippen MR) is 91.1 cm³/mol. The van der Waals surface area contributed by atoms with E-state index in [-0.39, 0.29) is 30.7 Å². The number of aromatic nitrogens is 3. The normalized spacial score (nSPS) is 31.6. The molecule has 0 aromatic carbocycles. The van der Waals surface area contributed by atoms with Crippen molar-refractivity contribution < 1.29 is 26.3 Å². The number of allylic oxidation sites excluding steroid dienone is 4. The molecule has 1 saturated carbocycles. The minimum atomic E-state index is -4.59. The molecule has 2 N–H and O–H groups in total. The molecule has 2 heterocycles. The lowest BCUT2D eigenvalue weighted by atomic mass is 9.72.